The molecule has 1 amide bonds. The zero-order valence-corrected chi connectivity index (χ0v) is 14.8. The molecule has 22 heavy (non-hydrogen) atoms. The second-order valence-electron chi connectivity index (χ2n) is 7.03. The normalized spacial score (nSPS) is 16.7. The number of allylic oxidation sites excluding steroid dienone is 1. The third-order valence-corrected chi connectivity index (χ3v) is 4.16. The van der Waals surface area contributed by atoms with Crippen molar-refractivity contribution in [3.05, 3.63) is 12.3 Å². The van der Waals surface area contributed by atoms with Gasteiger partial charge in [-0.05, 0) is 58.0 Å². The van der Waals surface area contributed by atoms with E-state index in [1.807, 2.05) is 6.92 Å². The molecule has 0 aromatic carbocycles. The van der Waals surface area contributed by atoms with Crippen LogP contribution in [-0.2, 0) is 4.79 Å². The Morgan fingerprint density at radius 2 is 1.73 bits per heavy atom. The van der Waals surface area contributed by atoms with Crippen molar-refractivity contribution in [3.8, 4) is 0 Å². The van der Waals surface area contributed by atoms with Crippen LogP contribution in [0.5, 0.6) is 0 Å². The minimum atomic E-state index is 0.230. The first-order valence-corrected chi connectivity index (χ1v) is 8.88. The molecule has 0 spiro atoms. The standard InChI is InChI=1S/C18H35N3O/c1-15(2)14-21-12-8-17(9-13-21)18(22)20-11-7-5-6-10-19-16(3)4/h15,17,19H,3,5-14H2,1-2,4H3,(H,20,22). The molecule has 0 aliphatic carbocycles. The second-order valence-corrected chi connectivity index (χ2v) is 7.03. The average Bonchev–Trinajstić information content (AvgIpc) is 2.46. The third-order valence-electron chi connectivity index (χ3n) is 4.16. The van der Waals surface area contributed by atoms with Gasteiger partial charge in [-0.15, -0.1) is 0 Å². The maximum absolute atomic E-state index is 12.2. The topological polar surface area (TPSA) is 44.4 Å². The van der Waals surface area contributed by atoms with Crippen molar-refractivity contribution in [2.24, 2.45) is 11.8 Å². The summed E-state index contributed by atoms with van der Waals surface area (Å²) in [6.07, 6.45) is 5.38. The van der Waals surface area contributed by atoms with E-state index in [0.717, 1.165) is 70.5 Å². The van der Waals surface area contributed by atoms with E-state index in [2.05, 4.69) is 36.0 Å². The maximum atomic E-state index is 12.2. The number of nitrogens with zero attached hydrogens (tertiary/aromatic N) is 1. The molecule has 1 aliphatic heterocycles. The molecule has 1 heterocycles. The summed E-state index contributed by atoms with van der Waals surface area (Å²) in [6.45, 7) is 15.4. The first-order valence-electron chi connectivity index (χ1n) is 8.88. The van der Waals surface area contributed by atoms with Crippen molar-refractivity contribution in [2.75, 3.05) is 32.7 Å². The largest absolute Gasteiger partial charge is 0.389 e. The Labute approximate surface area is 136 Å². The zero-order chi connectivity index (χ0) is 16.4. The highest BCUT2D eigenvalue weighted by Crippen LogP contribution is 2.18. The molecule has 0 unspecified atom stereocenters. The molecule has 128 valence electrons. The number of carbonyl (C=O) groups is 1. The van der Waals surface area contributed by atoms with Crippen molar-refractivity contribution >= 4 is 5.91 Å². The van der Waals surface area contributed by atoms with Gasteiger partial charge in [-0.2, -0.15) is 0 Å². The predicted octanol–water partition coefficient (Wildman–Crippen LogP) is 2.76. The number of piperidine rings is 1. The monoisotopic (exact) mass is 309 g/mol. The van der Waals surface area contributed by atoms with Gasteiger partial charge >= 0.3 is 0 Å². The number of hydrogen-bond acceptors (Lipinski definition) is 3. The van der Waals surface area contributed by atoms with E-state index in [9.17, 15) is 4.79 Å². The van der Waals surface area contributed by atoms with Gasteiger partial charge in [-0.3, -0.25) is 4.79 Å². The smallest absolute Gasteiger partial charge is 0.223 e. The Kier molecular flexibility index (Phi) is 9.21. The summed E-state index contributed by atoms with van der Waals surface area (Å²) in [5.41, 5.74) is 1.03. The van der Waals surface area contributed by atoms with E-state index in [0.29, 0.717) is 5.92 Å². The Morgan fingerprint density at radius 3 is 2.27 bits per heavy atom. The lowest BCUT2D eigenvalue weighted by Crippen LogP contribution is -2.41. The summed E-state index contributed by atoms with van der Waals surface area (Å²) < 4.78 is 0. The van der Waals surface area contributed by atoms with Crippen LogP contribution in [0.25, 0.3) is 0 Å². The number of hydrogen-bond donors (Lipinski definition) is 2. The van der Waals surface area contributed by atoms with E-state index in [-0.39, 0.29) is 11.8 Å². The van der Waals surface area contributed by atoms with Gasteiger partial charge in [0.25, 0.3) is 0 Å². The van der Waals surface area contributed by atoms with Crippen LogP contribution in [-0.4, -0.2) is 43.5 Å². The zero-order valence-electron chi connectivity index (χ0n) is 14.8. The number of rotatable bonds is 10. The molecule has 1 fully saturated rings. The summed E-state index contributed by atoms with van der Waals surface area (Å²) in [7, 11) is 0. The number of likely N-dealkylation sites (tertiary alicyclic amines) is 1. The lowest BCUT2D eigenvalue weighted by molar-refractivity contribution is -0.126. The minimum Gasteiger partial charge on any atom is -0.389 e. The van der Waals surface area contributed by atoms with Crippen LogP contribution in [0.15, 0.2) is 12.3 Å². The summed E-state index contributed by atoms with van der Waals surface area (Å²) in [4.78, 5) is 14.6. The van der Waals surface area contributed by atoms with Crippen molar-refractivity contribution in [2.45, 2.75) is 52.9 Å². The van der Waals surface area contributed by atoms with Gasteiger partial charge in [0.1, 0.15) is 0 Å². The van der Waals surface area contributed by atoms with Crippen LogP contribution in [0.1, 0.15) is 52.9 Å². The minimum absolute atomic E-state index is 0.230. The second kappa shape index (κ2) is 10.7. The Balaban J connectivity index is 2.03. The van der Waals surface area contributed by atoms with Crippen LogP contribution in [0.3, 0.4) is 0 Å². The summed E-state index contributed by atoms with van der Waals surface area (Å²) >= 11 is 0. The molecule has 4 heteroatoms. The Morgan fingerprint density at radius 1 is 1.14 bits per heavy atom. The molecule has 2 N–H and O–H groups in total. The number of amides is 1. The van der Waals surface area contributed by atoms with Crippen LogP contribution in [0.4, 0.5) is 0 Å². The lowest BCUT2D eigenvalue weighted by Gasteiger charge is -2.32. The molecule has 0 radical (unpaired) electrons. The van der Waals surface area contributed by atoms with E-state index in [1.54, 1.807) is 0 Å². The molecule has 0 bridgehead atoms. The molecule has 1 aliphatic rings. The summed E-state index contributed by atoms with van der Waals surface area (Å²) in [5.74, 6) is 1.21. The molecule has 0 aromatic heterocycles. The van der Waals surface area contributed by atoms with Gasteiger partial charge in [0.2, 0.25) is 5.91 Å². The van der Waals surface area contributed by atoms with E-state index >= 15 is 0 Å². The van der Waals surface area contributed by atoms with E-state index < -0.39 is 0 Å². The number of nitrogens with one attached hydrogen (secondary N) is 2. The highest BCUT2D eigenvalue weighted by molar-refractivity contribution is 5.78. The van der Waals surface area contributed by atoms with Crippen molar-refractivity contribution in [1.29, 1.82) is 0 Å². The molecular weight excluding hydrogens is 274 g/mol. The van der Waals surface area contributed by atoms with Crippen LogP contribution in [0, 0.1) is 11.8 Å². The van der Waals surface area contributed by atoms with Gasteiger partial charge in [-0.25, -0.2) is 0 Å². The highest BCUT2D eigenvalue weighted by atomic mass is 16.1. The van der Waals surface area contributed by atoms with Gasteiger partial charge in [-0.1, -0.05) is 20.4 Å². The van der Waals surface area contributed by atoms with Crippen molar-refractivity contribution < 1.29 is 4.79 Å². The average molecular weight is 309 g/mol. The van der Waals surface area contributed by atoms with Gasteiger partial charge in [0.15, 0.2) is 0 Å². The molecule has 0 aromatic rings. The third kappa shape index (κ3) is 8.42. The van der Waals surface area contributed by atoms with E-state index in [1.165, 1.54) is 0 Å². The highest BCUT2D eigenvalue weighted by Gasteiger charge is 2.24. The first kappa shape index (κ1) is 19.0. The molecule has 1 rings (SSSR count). The van der Waals surface area contributed by atoms with Crippen LogP contribution >= 0.6 is 0 Å². The van der Waals surface area contributed by atoms with Crippen LogP contribution in [0.2, 0.25) is 0 Å². The van der Waals surface area contributed by atoms with Crippen LogP contribution < -0.4 is 10.6 Å². The molecular formula is C18H35N3O. The summed E-state index contributed by atoms with van der Waals surface area (Å²) in [5, 5.41) is 6.34. The Hall–Kier alpha value is -1.03. The van der Waals surface area contributed by atoms with Crippen molar-refractivity contribution in [3.63, 3.8) is 0 Å². The predicted molar refractivity (Wildman–Crippen MR) is 93.7 cm³/mol. The van der Waals surface area contributed by atoms with E-state index in [4.69, 9.17) is 0 Å². The number of unbranched alkanes of at least 4 members (excludes halogenated alkanes) is 2. The fraction of sp³-hybridized carbons (Fsp3) is 0.833. The Bertz CT molecular complexity index is 333. The first-order chi connectivity index (χ1) is 10.5. The van der Waals surface area contributed by atoms with Gasteiger partial charge in [0, 0.05) is 31.2 Å². The quantitative estimate of drug-likeness (QED) is 0.610. The molecule has 0 atom stereocenters. The lowest BCUT2D eigenvalue weighted by atomic mass is 9.95. The fourth-order valence-corrected chi connectivity index (χ4v) is 2.98. The maximum Gasteiger partial charge on any atom is 0.223 e. The SMILES string of the molecule is C=C(C)NCCCCCNC(=O)C1CCN(CC(C)C)CC1. The fourth-order valence-electron chi connectivity index (χ4n) is 2.98. The van der Waals surface area contributed by atoms with Gasteiger partial charge in [0.05, 0.1) is 0 Å². The molecule has 0 saturated carbocycles. The number of carbonyl (C=O) groups excluding carboxylic acids is 1. The molecule has 1 saturated heterocycles. The molecule has 4 nitrogen and oxygen atoms in total. The van der Waals surface area contributed by atoms with Crippen molar-refractivity contribution in [1.82, 2.24) is 15.5 Å². The van der Waals surface area contributed by atoms with Gasteiger partial charge < -0.3 is 15.5 Å². The summed E-state index contributed by atoms with van der Waals surface area (Å²) in [6, 6.07) is 0.